The molecule has 1 heterocycles. The van der Waals surface area contributed by atoms with E-state index >= 15 is 0 Å². The highest BCUT2D eigenvalue weighted by Crippen LogP contribution is 2.40. The van der Waals surface area contributed by atoms with Crippen LogP contribution in [0.15, 0.2) is 0 Å². The maximum atomic E-state index is 5.79. The molecule has 1 N–H and O–H groups in total. The van der Waals surface area contributed by atoms with E-state index < -0.39 is 0 Å². The van der Waals surface area contributed by atoms with E-state index in [1.165, 1.54) is 12.8 Å². The summed E-state index contributed by atoms with van der Waals surface area (Å²) >= 11 is 0. The molecule has 1 saturated heterocycles. The lowest BCUT2D eigenvalue weighted by Crippen LogP contribution is -2.41. The van der Waals surface area contributed by atoms with Crippen LogP contribution in [0.5, 0.6) is 0 Å². The molecule has 0 aromatic heterocycles. The smallest absolute Gasteiger partial charge is 0.0616 e. The molecule has 0 aromatic carbocycles. The molecule has 1 aliphatic heterocycles. The summed E-state index contributed by atoms with van der Waals surface area (Å²) in [6.07, 6.45) is 2.91. The van der Waals surface area contributed by atoms with E-state index in [0.717, 1.165) is 31.5 Å². The van der Waals surface area contributed by atoms with Crippen LogP contribution >= 0.6 is 0 Å². The Labute approximate surface area is 101 Å². The van der Waals surface area contributed by atoms with Gasteiger partial charge in [-0.15, -0.1) is 0 Å². The fourth-order valence-electron chi connectivity index (χ4n) is 2.81. The fourth-order valence-corrected chi connectivity index (χ4v) is 2.81. The second kappa shape index (κ2) is 6.02. The molecular weight excluding hydrogens is 198 g/mol. The lowest BCUT2D eigenvalue weighted by Gasteiger charge is -2.34. The summed E-state index contributed by atoms with van der Waals surface area (Å²) in [5.41, 5.74) is 0.378. The van der Waals surface area contributed by atoms with Gasteiger partial charge < -0.3 is 10.1 Å². The average molecular weight is 227 g/mol. The van der Waals surface area contributed by atoms with Gasteiger partial charge in [0.25, 0.3) is 0 Å². The van der Waals surface area contributed by atoms with Crippen LogP contribution in [0.2, 0.25) is 0 Å². The van der Waals surface area contributed by atoms with Gasteiger partial charge in [0, 0.05) is 18.6 Å². The zero-order chi connectivity index (χ0) is 12.2. The summed E-state index contributed by atoms with van der Waals surface area (Å²) < 4.78 is 5.79. The van der Waals surface area contributed by atoms with Crippen molar-refractivity contribution in [2.75, 3.05) is 19.7 Å². The van der Waals surface area contributed by atoms with Crippen LogP contribution < -0.4 is 5.32 Å². The molecular formula is C14H29NO. The Hall–Kier alpha value is -0.0800. The highest BCUT2D eigenvalue weighted by Gasteiger charge is 2.41. The van der Waals surface area contributed by atoms with Gasteiger partial charge in [0.15, 0.2) is 0 Å². The second-order valence-electron chi connectivity index (χ2n) is 6.25. The summed E-state index contributed by atoms with van der Waals surface area (Å²) in [5, 5.41) is 3.62. The SMILES string of the molecule is CC(C)CNCC1(CC(C)C)CCOC1C. The summed E-state index contributed by atoms with van der Waals surface area (Å²) in [5.74, 6) is 1.48. The third-order valence-electron chi connectivity index (χ3n) is 3.67. The molecule has 16 heavy (non-hydrogen) atoms. The van der Waals surface area contributed by atoms with Gasteiger partial charge in [0.05, 0.1) is 6.10 Å². The van der Waals surface area contributed by atoms with Crippen molar-refractivity contribution in [3.8, 4) is 0 Å². The standard InChI is InChI=1S/C14H29NO/c1-11(2)8-14(6-7-16-13(14)5)10-15-9-12(3)4/h11-13,15H,6-10H2,1-5H3. The van der Waals surface area contributed by atoms with Gasteiger partial charge in [-0.1, -0.05) is 27.7 Å². The van der Waals surface area contributed by atoms with Crippen LogP contribution in [-0.2, 0) is 4.74 Å². The third kappa shape index (κ3) is 3.74. The van der Waals surface area contributed by atoms with Crippen molar-refractivity contribution in [1.82, 2.24) is 5.32 Å². The van der Waals surface area contributed by atoms with Gasteiger partial charge >= 0.3 is 0 Å². The molecule has 0 radical (unpaired) electrons. The van der Waals surface area contributed by atoms with Crippen LogP contribution in [0.4, 0.5) is 0 Å². The average Bonchev–Trinajstić information content (AvgIpc) is 2.46. The van der Waals surface area contributed by atoms with Crippen molar-refractivity contribution in [2.45, 2.75) is 53.6 Å². The Morgan fingerprint density at radius 1 is 1.25 bits per heavy atom. The lowest BCUT2D eigenvalue weighted by atomic mass is 9.75. The molecule has 96 valence electrons. The third-order valence-corrected chi connectivity index (χ3v) is 3.67. The van der Waals surface area contributed by atoms with Crippen molar-refractivity contribution in [3.05, 3.63) is 0 Å². The number of hydrogen-bond acceptors (Lipinski definition) is 2. The number of ether oxygens (including phenoxy) is 1. The van der Waals surface area contributed by atoms with Crippen molar-refractivity contribution < 1.29 is 4.74 Å². The van der Waals surface area contributed by atoms with Crippen LogP contribution in [0.1, 0.15) is 47.5 Å². The van der Waals surface area contributed by atoms with E-state index in [4.69, 9.17) is 4.74 Å². The quantitative estimate of drug-likeness (QED) is 0.753. The van der Waals surface area contributed by atoms with Gasteiger partial charge in [-0.3, -0.25) is 0 Å². The zero-order valence-corrected chi connectivity index (χ0v) is 11.7. The number of hydrogen-bond donors (Lipinski definition) is 1. The molecule has 2 atom stereocenters. The predicted molar refractivity (Wildman–Crippen MR) is 69.6 cm³/mol. The highest BCUT2D eigenvalue weighted by molar-refractivity contribution is 4.92. The van der Waals surface area contributed by atoms with Gasteiger partial charge in [0.1, 0.15) is 0 Å². The number of nitrogens with one attached hydrogen (secondary N) is 1. The molecule has 0 aliphatic carbocycles. The predicted octanol–water partition coefficient (Wildman–Crippen LogP) is 3.07. The monoisotopic (exact) mass is 227 g/mol. The molecule has 2 heteroatoms. The van der Waals surface area contributed by atoms with Crippen molar-refractivity contribution >= 4 is 0 Å². The molecule has 2 nitrogen and oxygen atoms in total. The van der Waals surface area contributed by atoms with Gasteiger partial charge in [0.2, 0.25) is 0 Å². The van der Waals surface area contributed by atoms with Crippen LogP contribution in [0, 0.1) is 17.3 Å². The van der Waals surface area contributed by atoms with Gasteiger partial charge in [-0.25, -0.2) is 0 Å². The minimum Gasteiger partial charge on any atom is -0.378 e. The van der Waals surface area contributed by atoms with E-state index in [-0.39, 0.29) is 0 Å². The Morgan fingerprint density at radius 3 is 2.38 bits per heavy atom. The topological polar surface area (TPSA) is 21.3 Å². The molecule has 0 saturated carbocycles. The van der Waals surface area contributed by atoms with Gasteiger partial charge in [-0.2, -0.15) is 0 Å². The minimum atomic E-state index is 0.378. The lowest BCUT2D eigenvalue weighted by molar-refractivity contribution is 0.0514. The Morgan fingerprint density at radius 2 is 1.94 bits per heavy atom. The molecule has 1 rings (SSSR count). The largest absolute Gasteiger partial charge is 0.378 e. The summed E-state index contributed by atoms with van der Waals surface area (Å²) in [6.45, 7) is 14.6. The normalized spacial score (nSPS) is 30.6. The first-order valence-electron chi connectivity index (χ1n) is 6.78. The molecule has 2 unspecified atom stereocenters. The first kappa shape index (κ1) is 14.0. The first-order valence-corrected chi connectivity index (χ1v) is 6.78. The molecule has 0 aromatic rings. The van der Waals surface area contributed by atoms with Crippen LogP contribution in [-0.4, -0.2) is 25.8 Å². The van der Waals surface area contributed by atoms with Crippen LogP contribution in [0.3, 0.4) is 0 Å². The van der Waals surface area contributed by atoms with E-state index in [2.05, 4.69) is 39.9 Å². The molecule has 0 bridgehead atoms. The Bertz CT molecular complexity index is 203. The summed E-state index contributed by atoms with van der Waals surface area (Å²) in [7, 11) is 0. The maximum Gasteiger partial charge on any atom is 0.0616 e. The zero-order valence-electron chi connectivity index (χ0n) is 11.7. The maximum absolute atomic E-state index is 5.79. The Balaban J connectivity index is 2.50. The van der Waals surface area contributed by atoms with Crippen molar-refractivity contribution in [1.29, 1.82) is 0 Å². The minimum absolute atomic E-state index is 0.378. The van der Waals surface area contributed by atoms with Gasteiger partial charge in [-0.05, 0) is 38.1 Å². The highest BCUT2D eigenvalue weighted by atomic mass is 16.5. The molecule has 0 amide bonds. The van der Waals surface area contributed by atoms with E-state index in [1.54, 1.807) is 0 Å². The first-order chi connectivity index (χ1) is 7.46. The van der Waals surface area contributed by atoms with Crippen molar-refractivity contribution in [3.63, 3.8) is 0 Å². The van der Waals surface area contributed by atoms with E-state index in [9.17, 15) is 0 Å². The van der Waals surface area contributed by atoms with Crippen LogP contribution in [0.25, 0.3) is 0 Å². The van der Waals surface area contributed by atoms with E-state index in [0.29, 0.717) is 11.5 Å². The summed E-state index contributed by atoms with van der Waals surface area (Å²) in [4.78, 5) is 0. The second-order valence-corrected chi connectivity index (χ2v) is 6.25. The van der Waals surface area contributed by atoms with E-state index in [1.807, 2.05) is 0 Å². The van der Waals surface area contributed by atoms with Crippen molar-refractivity contribution in [2.24, 2.45) is 17.3 Å². The molecule has 1 fully saturated rings. The summed E-state index contributed by atoms with van der Waals surface area (Å²) in [6, 6.07) is 0. The number of rotatable bonds is 6. The fraction of sp³-hybridized carbons (Fsp3) is 1.00. The molecule has 1 aliphatic rings. The Kier molecular flexibility index (Phi) is 5.26. The molecule has 0 spiro atoms.